The van der Waals surface area contributed by atoms with Gasteiger partial charge in [0.15, 0.2) is 0 Å². The van der Waals surface area contributed by atoms with Crippen molar-refractivity contribution in [2.45, 2.75) is 77.2 Å². The van der Waals surface area contributed by atoms with Crippen LogP contribution in [0.2, 0.25) is 0 Å². The van der Waals surface area contributed by atoms with E-state index in [9.17, 15) is 4.79 Å². The van der Waals surface area contributed by atoms with Crippen molar-refractivity contribution in [2.75, 3.05) is 0 Å². The highest BCUT2D eigenvalue weighted by atomic mass is 16.4. The summed E-state index contributed by atoms with van der Waals surface area (Å²) < 4.78 is 0. The molecule has 0 rings (SSSR count). The third-order valence-corrected chi connectivity index (χ3v) is 3.02. The van der Waals surface area contributed by atoms with E-state index in [1.807, 2.05) is 12.2 Å². The Morgan fingerprint density at radius 3 is 2.22 bits per heavy atom. The Balaban J connectivity index is 3.24. The lowest BCUT2D eigenvalue weighted by Crippen LogP contribution is -2.20. The zero-order chi connectivity index (χ0) is 13.6. The zero-order valence-corrected chi connectivity index (χ0v) is 11.7. The molecule has 0 saturated carbocycles. The van der Waals surface area contributed by atoms with E-state index in [0.717, 1.165) is 6.42 Å². The first kappa shape index (κ1) is 17.2. The molecule has 3 heteroatoms. The van der Waals surface area contributed by atoms with Crippen molar-refractivity contribution in [3.8, 4) is 0 Å². The summed E-state index contributed by atoms with van der Waals surface area (Å²) >= 11 is 0. The highest BCUT2D eigenvalue weighted by Crippen LogP contribution is 2.09. The SMILES string of the molecule is CCCCCCCCCC/C=C/C(N)CC(=O)O. The predicted octanol–water partition coefficient (Wildman–Crippen LogP) is 3.88. The standard InChI is InChI=1S/C15H29NO2/c1-2-3-4-5-6-7-8-9-10-11-12-14(16)13-15(17)18/h11-12,14H,2-10,13,16H2,1H3,(H,17,18)/b12-11+. The van der Waals surface area contributed by atoms with Gasteiger partial charge in [-0.2, -0.15) is 0 Å². The van der Waals surface area contributed by atoms with Crippen molar-refractivity contribution in [3.63, 3.8) is 0 Å². The fourth-order valence-electron chi connectivity index (χ4n) is 1.94. The minimum absolute atomic E-state index is 0.0218. The van der Waals surface area contributed by atoms with Crippen molar-refractivity contribution >= 4 is 5.97 Å². The smallest absolute Gasteiger partial charge is 0.305 e. The van der Waals surface area contributed by atoms with Gasteiger partial charge < -0.3 is 10.8 Å². The molecule has 0 aliphatic rings. The predicted molar refractivity (Wildman–Crippen MR) is 76.6 cm³/mol. The lowest BCUT2D eigenvalue weighted by Gasteiger charge is -2.02. The molecule has 0 aromatic rings. The van der Waals surface area contributed by atoms with Gasteiger partial charge in [-0.05, 0) is 12.8 Å². The van der Waals surface area contributed by atoms with Crippen molar-refractivity contribution in [2.24, 2.45) is 5.73 Å². The Labute approximate surface area is 111 Å². The van der Waals surface area contributed by atoms with Crippen LogP contribution in [0.5, 0.6) is 0 Å². The normalized spacial score (nSPS) is 13.0. The molecule has 3 nitrogen and oxygen atoms in total. The highest BCUT2D eigenvalue weighted by molar-refractivity contribution is 5.67. The van der Waals surface area contributed by atoms with E-state index in [1.54, 1.807) is 0 Å². The van der Waals surface area contributed by atoms with E-state index < -0.39 is 5.97 Å². The second kappa shape index (κ2) is 12.6. The summed E-state index contributed by atoms with van der Waals surface area (Å²) in [4.78, 5) is 10.4. The van der Waals surface area contributed by atoms with Gasteiger partial charge in [0.25, 0.3) is 0 Å². The van der Waals surface area contributed by atoms with Crippen molar-refractivity contribution in [1.82, 2.24) is 0 Å². The molecule has 0 saturated heterocycles. The molecule has 0 aliphatic heterocycles. The molecule has 3 N–H and O–H groups in total. The number of carboxylic acids is 1. The molecule has 0 aromatic heterocycles. The zero-order valence-electron chi connectivity index (χ0n) is 11.7. The first-order chi connectivity index (χ1) is 8.66. The van der Waals surface area contributed by atoms with E-state index in [4.69, 9.17) is 10.8 Å². The van der Waals surface area contributed by atoms with Gasteiger partial charge in [0.2, 0.25) is 0 Å². The quantitative estimate of drug-likeness (QED) is 0.411. The van der Waals surface area contributed by atoms with Crippen molar-refractivity contribution < 1.29 is 9.90 Å². The second-order valence-electron chi connectivity index (χ2n) is 4.95. The molecule has 0 heterocycles. The Kier molecular flexibility index (Phi) is 12.0. The van der Waals surface area contributed by atoms with E-state index in [0.29, 0.717) is 0 Å². The lowest BCUT2D eigenvalue weighted by atomic mass is 10.1. The van der Waals surface area contributed by atoms with E-state index in [-0.39, 0.29) is 12.5 Å². The molecule has 0 spiro atoms. The molecule has 1 atom stereocenters. The third kappa shape index (κ3) is 13.2. The van der Waals surface area contributed by atoms with Crippen LogP contribution in [0.25, 0.3) is 0 Å². The summed E-state index contributed by atoms with van der Waals surface area (Å²) in [6.45, 7) is 2.24. The van der Waals surface area contributed by atoms with Gasteiger partial charge in [-0.25, -0.2) is 0 Å². The number of unbranched alkanes of at least 4 members (excludes halogenated alkanes) is 8. The number of rotatable bonds is 12. The van der Waals surface area contributed by atoms with Gasteiger partial charge >= 0.3 is 5.97 Å². The van der Waals surface area contributed by atoms with Crippen LogP contribution in [0.3, 0.4) is 0 Å². The molecule has 0 bridgehead atoms. The first-order valence-electron chi connectivity index (χ1n) is 7.30. The van der Waals surface area contributed by atoms with E-state index in [2.05, 4.69) is 6.92 Å². The Hall–Kier alpha value is -0.830. The van der Waals surface area contributed by atoms with Gasteiger partial charge in [0, 0.05) is 6.04 Å². The Morgan fingerprint density at radius 2 is 1.67 bits per heavy atom. The molecule has 0 aliphatic carbocycles. The molecule has 106 valence electrons. The maximum atomic E-state index is 10.4. The average molecular weight is 255 g/mol. The van der Waals surface area contributed by atoms with E-state index >= 15 is 0 Å². The van der Waals surface area contributed by atoms with Crippen LogP contribution >= 0.6 is 0 Å². The van der Waals surface area contributed by atoms with Crippen LogP contribution in [-0.2, 0) is 4.79 Å². The van der Waals surface area contributed by atoms with Crippen LogP contribution in [0.4, 0.5) is 0 Å². The molecular weight excluding hydrogens is 226 g/mol. The van der Waals surface area contributed by atoms with Crippen LogP contribution in [0.1, 0.15) is 71.1 Å². The first-order valence-corrected chi connectivity index (χ1v) is 7.30. The number of hydrogen-bond donors (Lipinski definition) is 2. The molecule has 0 aromatic carbocycles. The summed E-state index contributed by atoms with van der Waals surface area (Å²) in [5.41, 5.74) is 5.62. The summed E-state index contributed by atoms with van der Waals surface area (Å²) in [5, 5.41) is 8.53. The minimum atomic E-state index is -0.834. The maximum Gasteiger partial charge on any atom is 0.305 e. The van der Waals surface area contributed by atoms with Crippen molar-refractivity contribution in [3.05, 3.63) is 12.2 Å². The monoisotopic (exact) mass is 255 g/mol. The molecular formula is C15H29NO2. The Morgan fingerprint density at radius 1 is 1.11 bits per heavy atom. The molecule has 18 heavy (non-hydrogen) atoms. The van der Waals surface area contributed by atoms with Gasteiger partial charge in [-0.1, -0.05) is 64.0 Å². The number of carbonyl (C=O) groups is 1. The molecule has 0 radical (unpaired) electrons. The van der Waals surface area contributed by atoms with Crippen LogP contribution < -0.4 is 5.73 Å². The summed E-state index contributed by atoms with van der Waals surface area (Å²) in [5.74, 6) is -0.834. The number of hydrogen-bond acceptors (Lipinski definition) is 2. The van der Waals surface area contributed by atoms with Crippen LogP contribution in [0.15, 0.2) is 12.2 Å². The largest absolute Gasteiger partial charge is 0.481 e. The van der Waals surface area contributed by atoms with Gasteiger partial charge in [-0.3, -0.25) is 4.79 Å². The fourth-order valence-corrected chi connectivity index (χ4v) is 1.94. The highest BCUT2D eigenvalue weighted by Gasteiger charge is 2.02. The minimum Gasteiger partial charge on any atom is -0.481 e. The lowest BCUT2D eigenvalue weighted by molar-refractivity contribution is -0.137. The van der Waals surface area contributed by atoms with Gasteiger partial charge in [0.1, 0.15) is 0 Å². The van der Waals surface area contributed by atoms with E-state index in [1.165, 1.54) is 51.4 Å². The fraction of sp³-hybridized carbons (Fsp3) is 0.800. The second-order valence-corrected chi connectivity index (χ2v) is 4.95. The summed E-state index contributed by atoms with van der Waals surface area (Å²) in [6.07, 6.45) is 15.4. The third-order valence-electron chi connectivity index (χ3n) is 3.02. The average Bonchev–Trinajstić information content (AvgIpc) is 2.30. The molecule has 0 amide bonds. The Bertz CT molecular complexity index is 227. The molecule has 0 fully saturated rings. The topological polar surface area (TPSA) is 63.3 Å². The maximum absolute atomic E-state index is 10.4. The number of aliphatic carboxylic acids is 1. The van der Waals surface area contributed by atoms with Gasteiger partial charge in [-0.15, -0.1) is 0 Å². The molecule has 1 unspecified atom stereocenters. The number of carboxylic acid groups (broad SMARTS) is 1. The van der Waals surface area contributed by atoms with Gasteiger partial charge in [0.05, 0.1) is 6.42 Å². The summed E-state index contributed by atoms with van der Waals surface area (Å²) in [7, 11) is 0. The van der Waals surface area contributed by atoms with Crippen LogP contribution in [-0.4, -0.2) is 17.1 Å². The summed E-state index contributed by atoms with van der Waals surface area (Å²) in [6, 6.07) is -0.337. The number of allylic oxidation sites excluding steroid dienone is 1. The van der Waals surface area contributed by atoms with Crippen molar-refractivity contribution in [1.29, 1.82) is 0 Å². The van der Waals surface area contributed by atoms with Crippen LogP contribution in [0, 0.1) is 0 Å². The number of nitrogens with two attached hydrogens (primary N) is 1.